The van der Waals surface area contributed by atoms with Crippen LogP contribution in [0.25, 0.3) is 11.5 Å². The van der Waals surface area contributed by atoms with Crippen LogP contribution in [0.3, 0.4) is 0 Å². The number of halogens is 2. The molecule has 1 heterocycles. The van der Waals surface area contributed by atoms with Crippen LogP contribution in [0.4, 0.5) is 0 Å². The van der Waals surface area contributed by atoms with Crippen molar-refractivity contribution in [1.82, 2.24) is 10.1 Å². The van der Waals surface area contributed by atoms with Gasteiger partial charge in [-0.2, -0.15) is 4.98 Å². The van der Waals surface area contributed by atoms with Gasteiger partial charge in [-0.05, 0) is 37.3 Å². The van der Waals surface area contributed by atoms with Crippen LogP contribution in [0.2, 0.25) is 10.0 Å². The Labute approximate surface area is 148 Å². The third-order valence-corrected chi connectivity index (χ3v) is 3.81. The van der Waals surface area contributed by atoms with Crippen LogP contribution >= 0.6 is 23.2 Å². The molecule has 3 aromatic rings. The summed E-state index contributed by atoms with van der Waals surface area (Å²) in [4.78, 5) is 15.9. The van der Waals surface area contributed by atoms with E-state index in [-0.39, 0.29) is 12.4 Å². The zero-order valence-electron chi connectivity index (χ0n) is 12.6. The average molecular weight is 363 g/mol. The van der Waals surface area contributed by atoms with Gasteiger partial charge in [0.15, 0.2) is 12.4 Å². The van der Waals surface area contributed by atoms with E-state index in [2.05, 4.69) is 10.1 Å². The van der Waals surface area contributed by atoms with Gasteiger partial charge in [0, 0.05) is 5.02 Å². The summed E-state index contributed by atoms with van der Waals surface area (Å²) in [5, 5.41) is 4.84. The lowest BCUT2D eigenvalue weighted by molar-refractivity contribution is 0.101. The standard InChI is InChI=1S/C17H12Cl2N2O3/c1-10(22)13-8-11(18)6-7-15(13)23-9-16-20-17(24-21-16)12-4-2-3-5-14(12)19/h2-8H,9H2,1H3. The van der Waals surface area contributed by atoms with Gasteiger partial charge in [-0.15, -0.1) is 0 Å². The Morgan fingerprint density at radius 3 is 2.75 bits per heavy atom. The van der Waals surface area contributed by atoms with Gasteiger partial charge in [-0.3, -0.25) is 4.79 Å². The number of carbonyl (C=O) groups excluding carboxylic acids is 1. The van der Waals surface area contributed by atoms with E-state index in [4.69, 9.17) is 32.5 Å². The van der Waals surface area contributed by atoms with Crippen molar-refractivity contribution < 1.29 is 14.1 Å². The van der Waals surface area contributed by atoms with Gasteiger partial charge in [0.05, 0.1) is 16.1 Å². The van der Waals surface area contributed by atoms with Crippen molar-refractivity contribution in [1.29, 1.82) is 0 Å². The number of hydrogen-bond donors (Lipinski definition) is 0. The highest BCUT2D eigenvalue weighted by atomic mass is 35.5. The molecule has 24 heavy (non-hydrogen) atoms. The third kappa shape index (κ3) is 3.58. The SMILES string of the molecule is CC(=O)c1cc(Cl)ccc1OCc1noc(-c2ccccc2Cl)n1. The Bertz CT molecular complexity index is 893. The monoisotopic (exact) mass is 362 g/mol. The summed E-state index contributed by atoms with van der Waals surface area (Å²) < 4.78 is 10.8. The Hall–Kier alpha value is -2.37. The van der Waals surface area contributed by atoms with E-state index in [0.717, 1.165) is 0 Å². The number of benzene rings is 2. The molecule has 0 N–H and O–H groups in total. The number of rotatable bonds is 5. The molecule has 0 aliphatic heterocycles. The van der Waals surface area contributed by atoms with Crippen molar-refractivity contribution in [2.24, 2.45) is 0 Å². The predicted molar refractivity (Wildman–Crippen MR) is 90.5 cm³/mol. The second kappa shape index (κ2) is 7.03. The van der Waals surface area contributed by atoms with Crippen LogP contribution in [0, 0.1) is 0 Å². The molecule has 0 aliphatic carbocycles. The fourth-order valence-corrected chi connectivity index (χ4v) is 2.49. The number of ether oxygens (including phenoxy) is 1. The van der Waals surface area contributed by atoms with E-state index in [1.54, 1.807) is 30.3 Å². The summed E-state index contributed by atoms with van der Waals surface area (Å²) in [5.41, 5.74) is 1.05. The predicted octanol–water partition coefficient (Wildman–Crippen LogP) is 4.83. The lowest BCUT2D eigenvalue weighted by Crippen LogP contribution is -2.02. The fourth-order valence-electron chi connectivity index (χ4n) is 2.10. The zero-order chi connectivity index (χ0) is 17.1. The van der Waals surface area contributed by atoms with Crippen LogP contribution in [-0.4, -0.2) is 15.9 Å². The van der Waals surface area contributed by atoms with E-state index in [0.29, 0.717) is 38.6 Å². The molecule has 2 aromatic carbocycles. The maximum absolute atomic E-state index is 11.7. The summed E-state index contributed by atoms with van der Waals surface area (Å²) in [6, 6.07) is 12.0. The van der Waals surface area contributed by atoms with Crippen LogP contribution in [-0.2, 0) is 6.61 Å². The lowest BCUT2D eigenvalue weighted by Gasteiger charge is -2.08. The quantitative estimate of drug-likeness (QED) is 0.608. The number of nitrogens with zero attached hydrogens (tertiary/aromatic N) is 2. The van der Waals surface area contributed by atoms with Gasteiger partial charge in [0.2, 0.25) is 5.82 Å². The first-order chi connectivity index (χ1) is 11.5. The van der Waals surface area contributed by atoms with Crippen molar-refractivity contribution in [3.05, 3.63) is 63.9 Å². The smallest absolute Gasteiger partial charge is 0.259 e. The van der Waals surface area contributed by atoms with Gasteiger partial charge in [0.25, 0.3) is 5.89 Å². The molecule has 0 unspecified atom stereocenters. The summed E-state index contributed by atoms with van der Waals surface area (Å²) in [5.74, 6) is 0.921. The van der Waals surface area contributed by atoms with Crippen LogP contribution < -0.4 is 4.74 Å². The molecule has 7 heteroatoms. The Balaban J connectivity index is 1.77. The average Bonchev–Trinajstić information content (AvgIpc) is 3.02. The van der Waals surface area contributed by atoms with Gasteiger partial charge in [-0.25, -0.2) is 0 Å². The number of Topliss-reactive ketones (excluding diaryl/α,β-unsaturated/α-hetero) is 1. The van der Waals surface area contributed by atoms with Crippen molar-refractivity contribution >= 4 is 29.0 Å². The maximum atomic E-state index is 11.7. The molecule has 0 aliphatic rings. The van der Waals surface area contributed by atoms with E-state index in [1.807, 2.05) is 12.1 Å². The molecule has 0 amide bonds. The molecule has 0 atom stereocenters. The summed E-state index contributed by atoms with van der Waals surface area (Å²) in [6.07, 6.45) is 0. The van der Waals surface area contributed by atoms with Gasteiger partial charge >= 0.3 is 0 Å². The zero-order valence-corrected chi connectivity index (χ0v) is 14.1. The van der Waals surface area contributed by atoms with Gasteiger partial charge < -0.3 is 9.26 Å². The molecular formula is C17H12Cl2N2O3. The molecule has 122 valence electrons. The highest BCUT2D eigenvalue weighted by molar-refractivity contribution is 6.33. The Morgan fingerprint density at radius 2 is 2.00 bits per heavy atom. The van der Waals surface area contributed by atoms with E-state index >= 15 is 0 Å². The molecule has 0 spiro atoms. The van der Waals surface area contributed by atoms with Crippen LogP contribution in [0.5, 0.6) is 5.75 Å². The maximum Gasteiger partial charge on any atom is 0.259 e. The van der Waals surface area contributed by atoms with Gasteiger partial charge in [0.1, 0.15) is 5.75 Å². The highest BCUT2D eigenvalue weighted by Gasteiger charge is 2.14. The first-order valence-electron chi connectivity index (χ1n) is 7.05. The Morgan fingerprint density at radius 1 is 1.21 bits per heavy atom. The van der Waals surface area contributed by atoms with Crippen LogP contribution in [0.1, 0.15) is 23.1 Å². The number of carbonyl (C=O) groups is 1. The molecule has 0 fully saturated rings. The van der Waals surface area contributed by atoms with E-state index < -0.39 is 0 Å². The second-order valence-electron chi connectivity index (χ2n) is 4.98. The first-order valence-corrected chi connectivity index (χ1v) is 7.81. The molecule has 0 radical (unpaired) electrons. The molecule has 5 nitrogen and oxygen atoms in total. The van der Waals surface area contributed by atoms with E-state index in [1.165, 1.54) is 6.92 Å². The number of hydrogen-bond acceptors (Lipinski definition) is 5. The lowest BCUT2D eigenvalue weighted by atomic mass is 10.1. The minimum absolute atomic E-state index is 0.0515. The number of aromatic nitrogens is 2. The van der Waals surface area contributed by atoms with Crippen molar-refractivity contribution in [3.63, 3.8) is 0 Å². The van der Waals surface area contributed by atoms with Crippen molar-refractivity contribution in [3.8, 4) is 17.2 Å². The second-order valence-corrected chi connectivity index (χ2v) is 5.82. The minimum atomic E-state index is -0.141. The number of ketones is 1. The largest absolute Gasteiger partial charge is 0.485 e. The summed E-state index contributed by atoms with van der Waals surface area (Å²) >= 11 is 12.0. The van der Waals surface area contributed by atoms with Crippen LogP contribution in [0.15, 0.2) is 47.0 Å². The molecule has 0 saturated heterocycles. The molecule has 1 aromatic heterocycles. The van der Waals surface area contributed by atoms with Gasteiger partial charge in [-0.1, -0.05) is 40.5 Å². The fraction of sp³-hybridized carbons (Fsp3) is 0.118. The highest BCUT2D eigenvalue weighted by Crippen LogP contribution is 2.27. The molecule has 3 rings (SSSR count). The van der Waals surface area contributed by atoms with E-state index in [9.17, 15) is 4.79 Å². The topological polar surface area (TPSA) is 65.2 Å². The van der Waals surface area contributed by atoms with Crippen molar-refractivity contribution in [2.75, 3.05) is 0 Å². The molecular weight excluding hydrogens is 351 g/mol. The summed E-state index contributed by atoms with van der Waals surface area (Å²) in [6.45, 7) is 1.50. The molecule has 0 saturated carbocycles. The first kappa shape index (κ1) is 16.5. The molecule has 0 bridgehead atoms. The van der Waals surface area contributed by atoms with Crippen molar-refractivity contribution in [2.45, 2.75) is 13.5 Å². The Kier molecular flexibility index (Phi) is 4.83. The minimum Gasteiger partial charge on any atom is -0.485 e. The normalized spacial score (nSPS) is 10.6. The third-order valence-electron chi connectivity index (χ3n) is 3.25. The summed E-state index contributed by atoms with van der Waals surface area (Å²) in [7, 11) is 0.